The van der Waals surface area contributed by atoms with Crippen LogP contribution in [-0.4, -0.2) is 69.5 Å². The van der Waals surface area contributed by atoms with E-state index in [1.807, 2.05) is 0 Å². The molecule has 5 atom stereocenters. The predicted molar refractivity (Wildman–Crippen MR) is 149 cm³/mol. The Balaban J connectivity index is 2.59. The van der Waals surface area contributed by atoms with Gasteiger partial charge >= 0.3 is 5.97 Å². The van der Waals surface area contributed by atoms with Gasteiger partial charge < -0.3 is 26.0 Å². The third-order valence-corrected chi connectivity index (χ3v) is 10.9. The summed E-state index contributed by atoms with van der Waals surface area (Å²) >= 11 is 0. The fraction of sp³-hybridized carbons (Fsp3) is 0.625. The van der Waals surface area contributed by atoms with Gasteiger partial charge in [0.05, 0.1) is 16.3 Å². The summed E-state index contributed by atoms with van der Waals surface area (Å²) in [6.07, 6.45) is 3.78. The normalized spacial score (nSPS) is 31.0. The lowest BCUT2D eigenvalue weighted by Gasteiger charge is -2.28. The monoisotopic (exact) mass is 588 g/mol. The zero-order valence-electron chi connectivity index (χ0n) is 22.1. The molecular weight excluding hydrogens is 552 g/mol. The van der Waals surface area contributed by atoms with Crippen LogP contribution in [0.2, 0.25) is 0 Å². The molecule has 2 bridgehead atoms. The van der Waals surface area contributed by atoms with E-state index in [9.17, 15) is 28.2 Å². The second-order valence-electron chi connectivity index (χ2n) is 9.49. The number of allylic oxidation sites excluding steroid dienone is 2. The Morgan fingerprint density at radius 2 is 1.68 bits per heavy atom. The number of ether oxygens (including phenoxy) is 1. The molecule has 2 aliphatic heterocycles. The highest BCUT2D eigenvalue weighted by molar-refractivity contribution is 9.05. The highest BCUT2D eigenvalue weighted by atomic mass is 33.5. The first-order valence-corrected chi connectivity index (χ1v) is 16.5. The van der Waals surface area contributed by atoms with Gasteiger partial charge in [-0.05, 0) is 31.3 Å². The maximum Gasteiger partial charge on any atom is 0.329 e. The van der Waals surface area contributed by atoms with Crippen LogP contribution in [0.25, 0.3) is 0 Å². The first-order valence-electron chi connectivity index (χ1n) is 12.4. The molecule has 0 radical (unpaired) electrons. The zero-order chi connectivity index (χ0) is 28.4. The van der Waals surface area contributed by atoms with Gasteiger partial charge in [-0.2, -0.15) is 0 Å². The first kappa shape index (κ1) is 31.9. The van der Waals surface area contributed by atoms with E-state index in [0.717, 1.165) is 20.6 Å². The van der Waals surface area contributed by atoms with E-state index in [-0.39, 0.29) is 29.7 Å². The Labute approximate surface area is 232 Å². The van der Waals surface area contributed by atoms with Crippen LogP contribution in [-0.2, 0) is 38.5 Å². The molecule has 1 unspecified atom stereocenters. The highest BCUT2D eigenvalue weighted by Gasteiger charge is 2.33. The Morgan fingerprint density at radius 1 is 1.00 bits per heavy atom. The van der Waals surface area contributed by atoms with Gasteiger partial charge in [0.15, 0.2) is 0 Å². The van der Waals surface area contributed by atoms with Gasteiger partial charge in [0.1, 0.15) is 29.9 Å². The van der Waals surface area contributed by atoms with Crippen LogP contribution in [0.1, 0.15) is 47.5 Å². The molecule has 0 aromatic heterocycles. The van der Waals surface area contributed by atoms with Crippen LogP contribution >= 0.6 is 20.6 Å². The van der Waals surface area contributed by atoms with Gasteiger partial charge in [-0.15, -0.1) is 0 Å². The molecular formula is C24H36N4O7S3. The summed E-state index contributed by atoms with van der Waals surface area (Å²) in [5.74, 6) is -3.58. The van der Waals surface area contributed by atoms with Crippen molar-refractivity contribution in [3.63, 3.8) is 0 Å². The Hall–Kier alpha value is -2.32. The van der Waals surface area contributed by atoms with E-state index < -0.39 is 63.7 Å². The number of hydrogen-bond acceptors (Lipinski definition) is 9. The molecule has 0 saturated carbocycles. The second-order valence-corrected chi connectivity index (χ2v) is 14.7. The average molecular weight is 589 g/mol. The lowest BCUT2D eigenvalue weighted by atomic mass is 10.0. The smallest absolute Gasteiger partial charge is 0.329 e. The number of carbonyl (C=O) groups is 5. The maximum atomic E-state index is 13.2. The molecule has 2 heterocycles. The number of rotatable bonds is 2. The van der Waals surface area contributed by atoms with Crippen LogP contribution in [0.5, 0.6) is 0 Å². The Morgan fingerprint density at radius 3 is 2.32 bits per heavy atom. The van der Waals surface area contributed by atoms with Gasteiger partial charge in [0.2, 0.25) is 17.7 Å². The molecule has 2 aliphatic rings. The quantitative estimate of drug-likeness (QED) is 0.160. The standard InChI is InChI=1S/C24H36N4O7S3/c1-6-16-21(30)28-20(14(4)5)24(33)35-15-9-7-8-10-38(34)37-36-12-17(22(31)25-16)26-23(32)19(13(2)3)27-18(29)11-15/h6-7,9,13-15,17,19-20H,8,10-12H2,1-5H3,(H,25,31)(H,26,32)(H,27,29)(H,28,30)/b9-7+,16-6-/t15-,17-,19-,20+,38?/m1/s1. The van der Waals surface area contributed by atoms with Gasteiger partial charge in [-0.25, -0.2) is 9.00 Å². The molecule has 4 N–H and O–H groups in total. The third kappa shape index (κ3) is 9.77. The summed E-state index contributed by atoms with van der Waals surface area (Å²) in [5.41, 5.74) is -0.104. The van der Waals surface area contributed by atoms with E-state index in [1.54, 1.807) is 46.8 Å². The van der Waals surface area contributed by atoms with Gasteiger partial charge in [-0.3, -0.25) is 19.2 Å². The van der Waals surface area contributed by atoms with Crippen molar-refractivity contribution in [3.05, 3.63) is 23.9 Å². The van der Waals surface area contributed by atoms with Gasteiger partial charge in [0.25, 0.3) is 5.91 Å². The van der Waals surface area contributed by atoms with Gasteiger partial charge in [-0.1, -0.05) is 50.6 Å². The minimum atomic E-state index is -1.30. The van der Waals surface area contributed by atoms with Crippen molar-refractivity contribution in [2.45, 2.75) is 71.7 Å². The molecule has 11 nitrogen and oxygen atoms in total. The largest absolute Gasteiger partial charge is 0.456 e. The number of carbonyl (C=O) groups excluding carboxylic acids is 5. The molecule has 1 saturated heterocycles. The molecule has 4 amide bonds. The SMILES string of the molecule is C/C=C1\NC(=O)[C@H]2CSSS(=O)CC/C=C/[C@H](CC(=O)N[C@H](C(C)C)C(=O)N2)OC(=O)[C@H](C(C)C)NC1=O. The minimum absolute atomic E-state index is 0.0597. The lowest BCUT2D eigenvalue weighted by Crippen LogP contribution is -2.57. The molecule has 1 fully saturated rings. The molecule has 38 heavy (non-hydrogen) atoms. The molecule has 0 aromatic carbocycles. The van der Waals surface area contributed by atoms with Crippen LogP contribution in [0.15, 0.2) is 23.9 Å². The number of amides is 4. The summed E-state index contributed by atoms with van der Waals surface area (Å²) in [4.78, 5) is 65.5. The fourth-order valence-electron chi connectivity index (χ4n) is 3.56. The zero-order valence-corrected chi connectivity index (χ0v) is 24.6. The number of fused-ring (bicyclic) bond motifs is 7. The summed E-state index contributed by atoms with van der Waals surface area (Å²) in [6, 6.07) is -3.13. The van der Waals surface area contributed by atoms with Crippen molar-refractivity contribution in [3.8, 4) is 0 Å². The van der Waals surface area contributed by atoms with Crippen molar-refractivity contribution < 1.29 is 32.9 Å². The summed E-state index contributed by atoms with van der Waals surface area (Å²) < 4.78 is 18.1. The average Bonchev–Trinajstić information content (AvgIpc) is 2.84. The van der Waals surface area contributed by atoms with E-state index in [1.165, 1.54) is 6.08 Å². The third-order valence-electron chi connectivity index (χ3n) is 5.71. The summed E-state index contributed by atoms with van der Waals surface area (Å²) in [5, 5.41) is 10.5. The van der Waals surface area contributed by atoms with Crippen LogP contribution < -0.4 is 21.3 Å². The first-order chi connectivity index (χ1) is 17.9. The Bertz CT molecular complexity index is 999. The van der Waals surface area contributed by atoms with Crippen molar-refractivity contribution in [1.29, 1.82) is 0 Å². The van der Waals surface area contributed by atoms with Crippen molar-refractivity contribution in [2.75, 3.05) is 11.5 Å². The summed E-state index contributed by atoms with van der Waals surface area (Å²) in [6.45, 7) is 8.50. The topological polar surface area (TPSA) is 160 Å². The minimum Gasteiger partial charge on any atom is -0.456 e. The van der Waals surface area contributed by atoms with E-state index in [2.05, 4.69) is 21.3 Å². The number of esters is 1. The number of hydrogen-bond donors (Lipinski definition) is 4. The molecule has 0 aromatic rings. The second kappa shape index (κ2) is 15.3. The van der Waals surface area contributed by atoms with Crippen molar-refractivity contribution >= 4 is 60.0 Å². The lowest BCUT2D eigenvalue weighted by molar-refractivity contribution is -0.153. The fourth-order valence-corrected chi connectivity index (χ4v) is 7.96. The number of nitrogens with one attached hydrogen (secondary N) is 4. The van der Waals surface area contributed by atoms with E-state index in [0.29, 0.717) is 12.2 Å². The van der Waals surface area contributed by atoms with E-state index in [4.69, 9.17) is 4.74 Å². The predicted octanol–water partition coefficient (Wildman–Crippen LogP) is 1.09. The molecule has 212 valence electrons. The van der Waals surface area contributed by atoms with Crippen molar-refractivity contribution in [2.24, 2.45) is 11.8 Å². The summed E-state index contributed by atoms with van der Waals surface area (Å²) in [7, 11) is 0.932. The highest BCUT2D eigenvalue weighted by Crippen LogP contribution is 2.27. The molecule has 0 aliphatic carbocycles. The van der Waals surface area contributed by atoms with Gasteiger partial charge in [0, 0.05) is 21.3 Å². The maximum absolute atomic E-state index is 13.2. The Kier molecular flexibility index (Phi) is 12.9. The van der Waals surface area contributed by atoms with E-state index >= 15 is 0 Å². The molecule has 14 heteroatoms. The van der Waals surface area contributed by atoms with Crippen LogP contribution in [0.4, 0.5) is 0 Å². The van der Waals surface area contributed by atoms with Crippen LogP contribution in [0, 0.1) is 11.8 Å². The van der Waals surface area contributed by atoms with Crippen LogP contribution in [0.3, 0.4) is 0 Å². The van der Waals surface area contributed by atoms with Crippen molar-refractivity contribution in [1.82, 2.24) is 21.3 Å². The molecule has 0 spiro atoms. The molecule has 2 rings (SSSR count).